The summed E-state index contributed by atoms with van der Waals surface area (Å²) < 4.78 is 65.4. The maximum Gasteiger partial charge on any atom is 0.250 e. The van der Waals surface area contributed by atoms with Gasteiger partial charge in [0.05, 0.1) is 33.5 Å². The fourth-order valence-corrected chi connectivity index (χ4v) is 10.1. The van der Waals surface area contributed by atoms with Crippen LogP contribution in [0.15, 0.2) is 81.7 Å². The number of piperidine rings is 2. The normalized spacial score (nSPS) is 17.8. The molecule has 0 bridgehead atoms. The third kappa shape index (κ3) is 12.2. The Kier molecular flexibility index (Phi) is 15.2. The molecule has 6 rings (SSSR count). The van der Waals surface area contributed by atoms with Crippen LogP contribution in [-0.2, 0) is 55.9 Å². The number of ether oxygens (including phenoxy) is 2. The summed E-state index contributed by atoms with van der Waals surface area (Å²) in [6.45, 7) is 7.35. The van der Waals surface area contributed by atoms with Crippen molar-refractivity contribution in [3.63, 3.8) is 0 Å². The Bertz CT molecular complexity index is 2280. The van der Waals surface area contributed by atoms with Gasteiger partial charge in [-0.25, -0.2) is 16.8 Å². The van der Waals surface area contributed by atoms with Gasteiger partial charge in [0, 0.05) is 13.1 Å². The van der Waals surface area contributed by atoms with Crippen molar-refractivity contribution in [1.29, 1.82) is 0 Å². The molecule has 0 aliphatic carbocycles. The van der Waals surface area contributed by atoms with Crippen LogP contribution in [0, 0.1) is 13.8 Å². The van der Waals surface area contributed by atoms with E-state index in [4.69, 9.17) is 9.47 Å². The molecule has 2 heterocycles. The molecule has 2 atom stereocenters. The van der Waals surface area contributed by atoms with Crippen LogP contribution in [-0.4, -0.2) is 76.1 Å². The Morgan fingerprint density at radius 2 is 1.03 bits per heavy atom. The first-order chi connectivity index (χ1) is 28.5. The van der Waals surface area contributed by atoms with E-state index in [2.05, 4.69) is 79.4 Å². The third-order valence-electron chi connectivity index (χ3n) is 11.1. The number of carbonyl (C=O) groups excluding carboxylic acids is 2. The molecule has 4 aromatic carbocycles. The van der Waals surface area contributed by atoms with Crippen molar-refractivity contribution in [3.8, 4) is 22.6 Å². The van der Waals surface area contributed by atoms with E-state index in [0.717, 1.165) is 91.6 Å². The predicted octanol–water partition coefficient (Wildman–Crippen LogP) is 7.51. The fourth-order valence-electron chi connectivity index (χ4n) is 8.02. The topological polar surface area (TPSA) is 151 Å². The lowest BCUT2D eigenvalue weighted by molar-refractivity contribution is -0.126. The van der Waals surface area contributed by atoms with Gasteiger partial charge in [-0.1, -0.05) is 61.4 Å². The van der Waals surface area contributed by atoms with Gasteiger partial charge in [-0.2, -0.15) is 0 Å². The van der Waals surface area contributed by atoms with Crippen molar-refractivity contribution in [2.75, 3.05) is 25.6 Å². The number of benzene rings is 4. The highest BCUT2D eigenvalue weighted by molar-refractivity contribution is 9.11. The Morgan fingerprint density at radius 3 is 1.40 bits per heavy atom. The lowest BCUT2D eigenvalue weighted by atomic mass is 9.92. The molecule has 0 saturated carbocycles. The summed E-state index contributed by atoms with van der Waals surface area (Å²) in [6.07, 6.45) is 6.84. The monoisotopic (exact) mass is 986 g/mol. The number of sulfonamides is 2. The average Bonchev–Trinajstić information content (AvgIpc) is 3.17. The lowest BCUT2D eigenvalue weighted by Crippen LogP contribution is -2.50. The van der Waals surface area contributed by atoms with Gasteiger partial charge in [0.1, 0.15) is 24.7 Å². The number of nitrogens with zero attached hydrogens (tertiary/aromatic N) is 2. The molecule has 4 aromatic rings. The molecule has 2 saturated heterocycles. The summed E-state index contributed by atoms with van der Waals surface area (Å²) in [4.78, 5) is 29.5. The molecule has 2 amide bonds. The summed E-state index contributed by atoms with van der Waals surface area (Å²) in [5.74, 6) is 0.417. The highest BCUT2D eigenvalue weighted by atomic mass is 79.9. The van der Waals surface area contributed by atoms with Crippen LogP contribution in [0.1, 0.15) is 71.9 Å². The minimum absolute atomic E-state index is 0.357. The Labute approximate surface area is 370 Å². The molecule has 2 N–H and O–H groups in total. The van der Waals surface area contributed by atoms with Crippen LogP contribution in [0.3, 0.4) is 0 Å². The molecule has 2 aliphatic heterocycles. The van der Waals surface area contributed by atoms with Crippen molar-refractivity contribution in [2.45, 2.75) is 90.8 Å². The number of carbonyl (C=O) groups is 2. The number of halogens is 2. The van der Waals surface area contributed by atoms with Crippen LogP contribution in [0.2, 0.25) is 0 Å². The smallest absolute Gasteiger partial charge is 0.250 e. The highest BCUT2D eigenvalue weighted by Gasteiger charge is 2.31. The van der Waals surface area contributed by atoms with Gasteiger partial charge in [-0.3, -0.25) is 28.8 Å². The fraction of sp³-hybridized carbons (Fsp3) is 0.409. The molecule has 2 fully saturated rings. The first-order valence-electron chi connectivity index (χ1n) is 20.0. The predicted molar refractivity (Wildman–Crippen MR) is 240 cm³/mol. The van der Waals surface area contributed by atoms with Gasteiger partial charge in [-0.05, 0) is 153 Å². The second kappa shape index (κ2) is 19.9. The number of amides is 2. The van der Waals surface area contributed by atoms with Crippen molar-refractivity contribution in [2.24, 2.45) is 0 Å². The zero-order valence-electron chi connectivity index (χ0n) is 34.3. The van der Waals surface area contributed by atoms with Crippen molar-refractivity contribution in [3.05, 3.63) is 115 Å². The molecule has 60 heavy (non-hydrogen) atoms. The van der Waals surface area contributed by atoms with E-state index in [1.54, 1.807) is 0 Å². The maximum atomic E-state index is 12.7. The number of nitrogens with one attached hydrogen (secondary N) is 2. The van der Waals surface area contributed by atoms with Crippen LogP contribution >= 0.6 is 31.9 Å². The van der Waals surface area contributed by atoms with Gasteiger partial charge in [-0.15, -0.1) is 0 Å². The van der Waals surface area contributed by atoms with E-state index >= 15 is 0 Å². The Hall–Kier alpha value is -3.80. The van der Waals surface area contributed by atoms with Gasteiger partial charge >= 0.3 is 0 Å². The van der Waals surface area contributed by atoms with Crippen LogP contribution in [0.4, 0.5) is 0 Å². The van der Waals surface area contributed by atoms with Gasteiger partial charge in [0.25, 0.3) is 11.8 Å². The average molecular weight is 989 g/mol. The maximum absolute atomic E-state index is 12.7. The highest BCUT2D eigenvalue weighted by Crippen LogP contribution is 2.34. The SMILES string of the molecule is Cc1c(COc2ccc(CN3CCCC[C@H]3C(=O)NS(C)(=O)=O)cc2Br)cccc1-c1cccc(COc2ccc(CN3CCCC[C@H]3C(=O)NS(C)(=O)=O)cc2Br)c1C. The van der Waals surface area contributed by atoms with Gasteiger partial charge in [0.2, 0.25) is 20.0 Å². The quantitative estimate of drug-likeness (QED) is 0.123. The number of likely N-dealkylation sites (tertiary alicyclic amines) is 2. The Morgan fingerprint density at radius 1 is 0.633 bits per heavy atom. The molecule has 0 unspecified atom stereocenters. The van der Waals surface area contributed by atoms with E-state index in [-0.39, 0.29) is 0 Å². The molecule has 0 spiro atoms. The molecule has 12 nitrogen and oxygen atoms in total. The molecular weight excluding hydrogens is 936 g/mol. The molecule has 2 aliphatic rings. The summed E-state index contributed by atoms with van der Waals surface area (Å²) in [5, 5.41) is 0. The van der Waals surface area contributed by atoms with Crippen molar-refractivity contribution >= 4 is 63.7 Å². The summed E-state index contributed by atoms with van der Waals surface area (Å²) in [7, 11) is -7.27. The number of hydrogen-bond donors (Lipinski definition) is 2. The number of rotatable bonds is 15. The zero-order valence-corrected chi connectivity index (χ0v) is 39.1. The van der Waals surface area contributed by atoms with Crippen molar-refractivity contribution in [1.82, 2.24) is 19.2 Å². The molecule has 0 aromatic heterocycles. The van der Waals surface area contributed by atoms with Crippen LogP contribution in [0.25, 0.3) is 11.1 Å². The first-order valence-corrected chi connectivity index (χ1v) is 25.3. The summed E-state index contributed by atoms with van der Waals surface area (Å²) in [5.41, 5.74) is 8.50. The summed E-state index contributed by atoms with van der Waals surface area (Å²) in [6, 6.07) is 23.2. The third-order valence-corrected chi connectivity index (χ3v) is 13.5. The second-order valence-electron chi connectivity index (χ2n) is 15.7. The molecular formula is C44H52Br2N4O8S2. The van der Waals surface area contributed by atoms with E-state index in [1.807, 2.05) is 58.3 Å². The number of hydrogen-bond acceptors (Lipinski definition) is 10. The van der Waals surface area contributed by atoms with E-state index < -0.39 is 43.9 Å². The van der Waals surface area contributed by atoms with E-state index in [0.29, 0.717) is 63.7 Å². The minimum atomic E-state index is -3.64. The van der Waals surface area contributed by atoms with Crippen LogP contribution < -0.4 is 18.9 Å². The van der Waals surface area contributed by atoms with E-state index in [9.17, 15) is 26.4 Å². The van der Waals surface area contributed by atoms with Crippen molar-refractivity contribution < 1.29 is 35.9 Å². The molecule has 322 valence electrons. The second-order valence-corrected chi connectivity index (χ2v) is 20.9. The van der Waals surface area contributed by atoms with Gasteiger partial charge in [0.15, 0.2) is 0 Å². The lowest BCUT2D eigenvalue weighted by Gasteiger charge is -2.34. The van der Waals surface area contributed by atoms with E-state index in [1.165, 1.54) is 0 Å². The van der Waals surface area contributed by atoms with Gasteiger partial charge < -0.3 is 9.47 Å². The zero-order chi connectivity index (χ0) is 43.2. The largest absolute Gasteiger partial charge is 0.488 e. The molecule has 0 radical (unpaired) electrons. The standard InChI is InChI=1S/C44H52Br2N4O8S2/c1-29-33(27-57-41-19-17-31(23-37(41)45)25-49-21-7-5-15-39(49)43(51)47-59(3,53)54)11-9-13-35(29)36-14-10-12-34(30(36)2)28-58-42-20-18-32(24-38(42)46)26-50-22-8-6-16-40(50)44(52)48-60(4,55)56/h9-14,17-20,23-24,39-40H,5-8,15-16,21-22,25-28H2,1-4H3,(H,47,51)(H,48,52)/t39-,40-/m0/s1. The molecule has 16 heteroatoms. The Balaban J connectivity index is 1.08. The van der Waals surface area contributed by atoms with Crippen LogP contribution in [0.5, 0.6) is 11.5 Å². The minimum Gasteiger partial charge on any atom is -0.488 e. The summed E-state index contributed by atoms with van der Waals surface area (Å²) >= 11 is 7.36. The first kappa shape index (κ1) is 45.7.